The molecular weight excluding hydrogens is 447 g/mol. The van der Waals surface area contributed by atoms with Crippen molar-refractivity contribution in [2.75, 3.05) is 6.61 Å². The van der Waals surface area contributed by atoms with Crippen LogP contribution in [0.15, 0.2) is 76.5 Å². The topological polar surface area (TPSA) is 109 Å². The summed E-state index contributed by atoms with van der Waals surface area (Å²) in [6, 6.07) is 15.5. The highest BCUT2D eigenvalue weighted by Gasteiger charge is 2.36. The fourth-order valence-corrected chi connectivity index (χ4v) is 4.86. The predicted octanol–water partition coefficient (Wildman–Crippen LogP) is 3.70. The molecule has 10 heteroatoms. The molecule has 0 spiro atoms. The number of phosphoric acid groups is 1. The number of nitrogens with zero attached hydrogens (tertiary/aromatic N) is 1. The second kappa shape index (κ2) is 8.61. The molecule has 0 amide bonds. The van der Waals surface area contributed by atoms with E-state index >= 15 is 0 Å². The number of ether oxygens (including phenoxy) is 1. The zero-order valence-electron chi connectivity index (χ0n) is 17.7. The molecule has 2 aromatic carbocycles. The number of aromatic nitrogens is 2. The third-order valence-corrected chi connectivity index (χ3v) is 6.71. The second-order valence-corrected chi connectivity index (χ2v) is 9.32. The van der Waals surface area contributed by atoms with E-state index in [2.05, 4.69) is 4.98 Å². The molecule has 3 aromatic rings. The van der Waals surface area contributed by atoms with Gasteiger partial charge in [-0.05, 0) is 36.3 Å². The molecule has 0 saturated carbocycles. The van der Waals surface area contributed by atoms with Crippen molar-refractivity contribution in [3.8, 4) is 16.9 Å². The smallest absolute Gasteiger partial charge is 0.404 e. The summed E-state index contributed by atoms with van der Waals surface area (Å²) in [5.74, 6) is 0.445. The van der Waals surface area contributed by atoms with Crippen LogP contribution < -0.4 is 15.8 Å². The summed E-state index contributed by atoms with van der Waals surface area (Å²) in [5, 5.41) is 0. The molecule has 9 nitrogen and oxygen atoms in total. The summed E-state index contributed by atoms with van der Waals surface area (Å²) in [4.78, 5) is 25.8. The van der Waals surface area contributed by atoms with Crippen LogP contribution in [-0.4, -0.2) is 22.3 Å². The summed E-state index contributed by atoms with van der Waals surface area (Å²) >= 11 is 0. The molecule has 0 fully saturated rings. The molecule has 0 radical (unpaired) electrons. The Balaban J connectivity index is 1.22. The number of phosphoric ester groups is 1. The Kier molecular flexibility index (Phi) is 5.64. The second-order valence-electron chi connectivity index (χ2n) is 7.72. The molecule has 1 aromatic heterocycles. The van der Waals surface area contributed by atoms with Crippen molar-refractivity contribution in [2.45, 2.75) is 25.9 Å². The van der Waals surface area contributed by atoms with Crippen LogP contribution >= 0.6 is 7.82 Å². The monoisotopic (exact) mass is 468 g/mol. The highest BCUT2D eigenvalue weighted by molar-refractivity contribution is 7.49. The van der Waals surface area contributed by atoms with Crippen LogP contribution in [0.3, 0.4) is 0 Å². The summed E-state index contributed by atoms with van der Waals surface area (Å²) < 4.78 is 36.5. The fraction of sp³-hybridized carbons (Fsp3) is 0.217. The minimum Gasteiger partial charge on any atom is -0.404 e. The normalized spacial score (nSPS) is 23.8. The number of hydrogen-bond donors (Lipinski definition) is 1. The third-order valence-electron chi connectivity index (χ3n) is 5.38. The Hall–Kier alpha value is -3.23. The number of hydrogen-bond acceptors (Lipinski definition) is 7. The quantitative estimate of drug-likeness (QED) is 0.449. The number of aromatic amines is 1. The maximum atomic E-state index is 13.0. The van der Waals surface area contributed by atoms with Crippen molar-refractivity contribution in [2.24, 2.45) is 0 Å². The molecule has 0 bridgehead atoms. The molecule has 170 valence electrons. The Bertz CT molecular complexity index is 1380. The van der Waals surface area contributed by atoms with Gasteiger partial charge < -0.3 is 9.26 Å². The van der Waals surface area contributed by atoms with E-state index in [-0.39, 0.29) is 13.2 Å². The molecule has 0 saturated heterocycles. The van der Waals surface area contributed by atoms with Gasteiger partial charge in [0.2, 0.25) is 0 Å². The summed E-state index contributed by atoms with van der Waals surface area (Å²) in [7, 11) is -3.83. The van der Waals surface area contributed by atoms with Crippen LogP contribution in [0, 0.1) is 6.92 Å². The van der Waals surface area contributed by atoms with Gasteiger partial charge in [0.1, 0.15) is 11.9 Å². The van der Waals surface area contributed by atoms with Gasteiger partial charge in [-0.15, -0.1) is 0 Å². The van der Waals surface area contributed by atoms with Gasteiger partial charge in [-0.2, -0.15) is 0 Å². The molecule has 5 rings (SSSR count). The largest absolute Gasteiger partial charge is 0.530 e. The van der Waals surface area contributed by atoms with E-state index in [9.17, 15) is 14.2 Å². The maximum Gasteiger partial charge on any atom is 0.530 e. The standard InChI is InChI=1S/C23H21N2O7P/c1-15-12-25(23(27)24-22(15)26)21-10-8-19(31-21)14-30-33(28)29-13-18-11-17(7-9-20(18)32-33)16-5-3-2-4-6-16/h2-12,19,21H,13-14H2,1H3,(H,24,26,27). The highest BCUT2D eigenvalue weighted by atomic mass is 31.2. The van der Waals surface area contributed by atoms with Crippen LogP contribution in [0.5, 0.6) is 5.75 Å². The Morgan fingerprint density at radius 3 is 2.76 bits per heavy atom. The van der Waals surface area contributed by atoms with E-state index in [1.54, 1.807) is 25.1 Å². The van der Waals surface area contributed by atoms with Gasteiger partial charge in [0.15, 0.2) is 6.23 Å². The van der Waals surface area contributed by atoms with Gasteiger partial charge in [-0.25, -0.2) is 9.36 Å². The van der Waals surface area contributed by atoms with Crippen molar-refractivity contribution in [3.63, 3.8) is 0 Å². The van der Waals surface area contributed by atoms with Gasteiger partial charge in [0.05, 0.1) is 13.2 Å². The zero-order valence-corrected chi connectivity index (χ0v) is 18.6. The number of nitrogens with one attached hydrogen (secondary N) is 1. The van der Waals surface area contributed by atoms with Crippen LogP contribution in [0.1, 0.15) is 17.4 Å². The van der Waals surface area contributed by atoms with Crippen LogP contribution in [0.2, 0.25) is 0 Å². The third kappa shape index (κ3) is 4.49. The molecular formula is C23H21N2O7P. The summed E-state index contributed by atoms with van der Waals surface area (Å²) in [6.45, 7) is 1.58. The van der Waals surface area contributed by atoms with E-state index in [1.165, 1.54) is 10.8 Å². The predicted molar refractivity (Wildman–Crippen MR) is 120 cm³/mol. The van der Waals surface area contributed by atoms with Crippen molar-refractivity contribution in [1.29, 1.82) is 0 Å². The lowest BCUT2D eigenvalue weighted by atomic mass is 10.0. The Labute approximate surface area is 188 Å². The van der Waals surface area contributed by atoms with Crippen LogP contribution in [0.25, 0.3) is 11.1 Å². The van der Waals surface area contributed by atoms with E-state index < -0.39 is 31.4 Å². The van der Waals surface area contributed by atoms with Crippen LogP contribution in [-0.2, 0) is 25.0 Å². The van der Waals surface area contributed by atoms with Crippen molar-refractivity contribution >= 4 is 7.82 Å². The van der Waals surface area contributed by atoms with Gasteiger partial charge >= 0.3 is 13.5 Å². The van der Waals surface area contributed by atoms with Gasteiger partial charge in [0.25, 0.3) is 5.56 Å². The molecule has 2 aliphatic rings. The number of benzene rings is 2. The number of aryl methyl sites for hydroxylation is 1. The van der Waals surface area contributed by atoms with Crippen LogP contribution in [0.4, 0.5) is 0 Å². The average molecular weight is 468 g/mol. The molecule has 3 atom stereocenters. The van der Waals surface area contributed by atoms with Crippen molar-refractivity contribution in [1.82, 2.24) is 9.55 Å². The van der Waals surface area contributed by atoms with E-state index in [1.807, 2.05) is 42.5 Å². The van der Waals surface area contributed by atoms with Gasteiger partial charge in [-0.1, -0.05) is 42.5 Å². The van der Waals surface area contributed by atoms with Gasteiger partial charge in [-0.3, -0.25) is 23.4 Å². The highest BCUT2D eigenvalue weighted by Crippen LogP contribution is 2.55. The first kappa shape index (κ1) is 21.6. The lowest BCUT2D eigenvalue weighted by Crippen LogP contribution is -2.33. The average Bonchev–Trinajstić information content (AvgIpc) is 3.29. The summed E-state index contributed by atoms with van der Waals surface area (Å²) in [6.07, 6.45) is 3.48. The van der Waals surface area contributed by atoms with E-state index in [4.69, 9.17) is 18.3 Å². The zero-order chi connectivity index (χ0) is 23.0. The minimum absolute atomic E-state index is 0.0866. The fourth-order valence-electron chi connectivity index (χ4n) is 3.63. The minimum atomic E-state index is -3.83. The van der Waals surface area contributed by atoms with Crippen molar-refractivity contribution < 1.29 is 22.9 Å². The molecule has 3 heterocycles. The first-order valence-corrected chi connectivity index (χ1v) is 11.8. The molecule has 2 aliphatic heterocycles. The van der Waals surface area contributed by atoms with Gasteiger partial charge in [0, 0.05) is 17.3 Å². The SMILES string of the molecule is Cc1cn(C2C=CC(COP3(=O)OCc4cc(-c5ccccc5)ccc4O3)O2)c(=O)[nH]c1=O. The Morgan fingerprint density at radius 2 is 1.94 bits per heavy atom. The maximum absolute atomic E-state index is 13.0. The number of fused-ring (bicyclic) bond motifs is 1. The van der Waals surface area contributed by atoms with E-state index in [0.29, 0.717) is 11.3 Å². The van der Waals surface area contributed by atoms with Crippen molar-refractivity contribution in [3.05, 3.63) is 98.8 Å². The van der Waals surface area contributed by atoms with E-state index in [0.717, 1.165) is 16.7 Å². The molecule has 0 aliphatic carbocycles. The molecule has 33 heavy (non-hydrogen) atoms. The first-order valence-electron chi connectivity index (χ1n) is 10.3. The number of H-pyrrole nitrogens is 1. The number of rotatable bonds is 5. The molecule has 1 N–H and O–H groups in total. The summed E-state index contributed by atoms with van der Waals surface area (Å²) in [5.41, 5.74) is 2.19. The Morgan fingerprint density at radius 1 is 1.12 bits per heavy atom. The lowest BCUT2D eigenvalue weighted by molar-refractivity contribution is -0.0130. The lowest BCUT2D eigenvalue weighted by Gasteiger charge is -2.26. The molecule has 3 unspecified atom stereocenters. The first-order chi connectivity index (χ1) is 15.9.